The van der Waals surface area contributed by atoms with E-state index in [0.29, 0.717) is 12.3 Å². The molecule has 3 aromatic rings. The lowest BCUT2D eigenvalue weighted by Crippen LogP contribution is -2.31. The Kier molecular flexibility index (Phi) is 5.34. The monoisotopic (exact) mass is 355 g/mol. The van der Waals surface area contributed by atoms with Gasteiger partial charge in [-0.25, -0.2) is 0 Å². The van der Waals surface area contributed by atoms with Crippen LogP contribution in [-0.2, 0) is 17.6 Å². The number of amides is 1. The summed E-state index contributed by atoms with van der Waals surface area (Å²) in [6, 6.07) is 28.9. The normalized spacial score (nSPS) is 16.0. The quantitative estimate of drug-likeness (QED) is 0.679. The van der Waals surface area contributed by atoms with Crippen molar-refractivity contribution in [1.29, 1.82) is 0 Å². The summed E-state index contributed by atoms with van der Waals surface area (Å²) < 4.78 is 0. The molecule has 1 aliphatic rings. The molecule has 1 atom stereocenters. The number of aryl methyl sites for hydroxylation is 1. The zero-order chi connectivity index (χ0) is 18.5. The predicted octanol–water partition coefficient (Wildman–Crippen LogP) is 5.09. The molecule has 0 radical (unpaired) electrons. The topological polar surface area (TPSA) is 29.1 Å². The zero-order valence-electron chi connectivity index (χ0n) is 15.5. The third kappa shape index (κ3) is 4.28. The van der Waals surface area contributed by atoms with Crippen LogP contribution in [0.1, 0.15) is 41.1 Å². The van der Waals surface area contributed by atoms with Crippen LogP contribution in [0.25, 0.3) is 0 Å². The smallest absolute Gasteiger partial charge is 0.221 e. The fourth-order valence-corrected chi connectivity index (χ4v) is 4.08. The summed E-state index contributed by atoms with van der Waals surface area (Å²) in [4.78, 5) is 12.9. The number of benzene rings is 3. The van der Waals surface area contributed by atoms with E-state index in [-0.39, 0.29) is 11.9 Å². The van der Waals surface area contributed by atoms with Crippen molar-refractivity contribution in [3.05, 3.63) is 107 Å². The summed E-state index contributed by atoms with van der Waals surface area (Å²) in [6.45, 7) is 0. The molecular weight excluding hydrogens is 330 g/mol. The standard InChI is InChI=1S/C25H25NO/c27-24(18-19-15-16-20-9-7-8-14-23(20)17-19)26-25(21-10-3-1-4-11-21)22-12-5-2-6-13-22/h1-14,19,25H,15-18H2,(H,26,27). The van der Waals surface area contributed by atoms with Gasteiger partial charge >= 0.3 is 0 Å². The summed E-state index contributed by atoms with van der Waals surface area (Å²) in [7, 11) is 0. The molecule has 1 aliphatic carbocycles. The van der Waals surface area contributed by atoms with Crippen molar-refractivity contribution in [2.45, 2.75) is 31.7 Å². The molecule has 4 rings (SSSR count). The number of carbonyl (C=O) groups excluding carboxylic acids is 1. The van der Waals surface area contributed by atoms with Crippen molar-refractivity contribution in [2.24, 2.45) is 5.92 Å². The second-order valence-electron chi connectivity index (χ2n) is 7.40. The molecule has 0 bridgehead atoms. The fraction of sp³-hybridized carbons (Fsp3) is 0.240. The SMILES string of the molecule is O=C(CC1CCc2ccccc2C1)NC(c1ccccc1)c1ccccc1. The Balaban J connectivity index is 1.46. The van der Waals surface area contributed by atoms with Crippen LogP contribution in [0.5, 0.6) is 0 Å². The maximum Gasteiger partial charge on any atom is 0.221 e. The average molecular weight is 355 g/mol. The zero-order valence-corrected chi connectivity index (χ0v) is 15.5. The molecule has 0 saturated carbocycles. The second-order valence-corrected chi connectivity index (χ2v) is 7.40. The van der Waals surface area contributed by atoms with Crippen LogP contribution in [0.3, 0.4) is 0 Å². The number of fused-ring (bicyclic) bond motifs is 1. The van der Waals surface area contributed by atoms with Crippen LogP contribution < -0.4 is 5.32 Å². The lowest BCUT2D eigenvalue weighted by atomic mass is 9.82. The highest BCUT2D eigenvalue weighted by molar-refractivity contribution is 5.77. The summed E-state index contributed by atoms with van der Waals surface area (Å²) in [5.41, 5.74) is 5.09. The number of nitrogens with one attached hydrogen (secondary N) is 1. The number of rotatable bonds is 5. The van der Waals surface area contributed by atoms with Crippen LogP contribution in [-0.4, -0.2) is 5.91 Å². The Hall–Kier alpha value is -2.87. The van der Waals surface area contributed by atoms with Crippen molar-refractivity contribution in [2.75, 3.05) is 0 Å². The van der Waals surface area contributed by atoms with Crippen LogP contribution >= 0.6 is 0 Å². The van der Waals surface area contributed by atoms with E-state index in [1.165, 1.54) is 11.1 Å². The highest BCUT2D eigenvalue weighted by Gasteiger charge is 2.23. The van der Waals surface area contributed by atoms with Crippen LogP contribution in [0, 0.1) is 5.92 Å². The summed E-state index contributed by atoms with van der Waals surface area (Å²) in [5.74, 6) is 0.559. The Bertz CT molecular complexity index is 849. The molecule has 2 heteroatoms. The first-order valence-electron chi connectivity index (χ1n) is 9.75. The Labute approximate surface area is 161 Å². The third-order valence-electron chi connectivity index (χ3n) is 5.49. The number of hydrogen-bond acceptors (Lipinski definition) is 1. The van der Waals surface area contributed by atoms with Gasteiger partial charge in [0.05, 0.1) is 6.04 Å². The maximum absolute atomic E-state index is 12.9. The molecule has 0 spiro atoms. The first-order valence-corrected chi connectivity index (χ1v) is 9.75. The van der Waals surface area contributed by atoms with Crippen molar-refractivity contribution in [1.82, 2.24) is 5.32 Å². The van der Waals surface area contributed by atoms with Crippen molar-refractivity contribution < 1.29 is 4.79 Å². The van der Waals surface area contributed by atoms with Crippen LogP contribution in [0.15, 0.2) is 84.9 Å². The van der Waals surface area contributed by atoms with Crippen molar-refractivity contribution >= 4 is 5.91 Å². The Morgan fingerprint density at radius 1 is 0.815 bits per heavy atom. The Morgan fingerprint density at radius 3 is 2.00 bits per heavy atom. The lowest BCUT2D eigenvalue weighted by molar-refractivity contribution is -0.122. The number of carbonyl (C=O) groups is 1. The largest absolute Gasteiger partial charge is 0.345 e. The highest BCUT2D eigenvalue weighted by Crippen LogP contribution is 2.28. The van der Waals surface area contributed by atoms with Crippen LogP contribution in [0.4, 0.5) is 0 Å². The first-order chi connectivity index (χ1) is 13.3. The molecular formula is C25H25NO. The Morgan fingerprint density at radius 2 is 1.37 bits per heavy atom. The van der Waals surface area contributed by atoms with E-state index in [2.05, 4.69) is 53.8 Å². The minimum atomic E-state index is -0.101. The molecule has 2 nitrogen and oxygen atoms in total. The van der Waals surface area contributed by atoms with E-state index < -0.39 is 0 Å². The molecule has 0 aromatic heterocycles. The molecule has 0 aliphatic heterocycles. The molecule has 0 heterocycles. The average Bonchev–Trinajstić information content (AvgIpc) is 2.73. The van der Waals surface area contributed by atoms with E-state index in [1.54, 1.807) is 0 Å². The van der Waals surface area contributed by atoms with E-state index in [1.807, 2.05) is 36.4 Å². The van der Waals surface area contributed by atoms with Gasteiger partial charge in [-0.3, -0.25) is 4.79 Å². The summed E-state index contributed by atoms with van der Waals surface area (Å²) >= 11 is 0. The van der Waals surface area contributed by atoms with Gasteiger partial charge in [-0.05, 0) is 47.4 Å². The third-order valence-corrected chi connectivity index (χ3v) is 5.49. The van der Waals surface area contributed by atoms with E-state index in [4.69, 9.17) is 0 Å². The van der Waals surface area contributed by atoms with Gasteiger partial charge in [-0.1, -0.05) is 84.9 Å². The maximum atomic E-state index is 12.9. The highest BCUT2D eigenvalue weighted by atomic mass is 16.1. The van der Waals surface area contributed by atoms with Gasteiger partial charge in [-0.2, -0.15) is 0 Å². The molecule has 0 saturated heterocycles. The molecule has 1 amide bonds. The minimum absolute atomic E-state index is 0.101. The van der Waals surface area contributed by atoms with Gasteiger partial charge in [0.2, 0.25) is 5.91 Å². The van der Waals surface area contributed by atoms with Gasteiger partial charge < -0.3 is 5.32 Å². The predicted molar refractivity (Wildman–Crippen MR) is 109 cm³/mol. The lowest BCUT2D eigenvalue weighted by Gasteiger charge is -2.26. The van der Waals surface area contributed by atoms with Gasteiger partial charge in [0.1, 0.15) is 0 Å². The first kappa shape index (κ1) is 17.5. The van der Waals surface area contributed by atoms with Crippen molar-refractivity contribution in [3.63, 3.8) is 0 Å². The van der Waals surface area contributed by atoms with Gasteiger partial charge in [0, 0.05) is 6.42 Å². The van der Waals surface area contributed by atoms with E-state index in [9.17, 15) is 4.79 Å². The van der Waals surface area contributed by atoms with E-state index >= 15 is 0 Å². The molecule has 27 heavy (non-hydrogen) atoms. The number of hydrogen-bond donors (Lipinski definition) is 1. The molecule has 0 fully saturated rings. The van der Waals surface area contributed by atoms with Gasteiger partial charge in [-0.15, -0.1) is 0 Å². The van der Waals surface area contributed by atoms with Crippen LogP contribution in [0.2, 0.25) is 0 Å². The summed E-state index contributed by atoms with van der Waals surface area (Å²) in [5, 5.41) is 3.28. The molecule has 1 unspecified atom stereocenters. The second kappa shape index (κ2) is 8.22. The molecule has 136 valence electrons. The molecule has 3 aromatic carbocycles. The van der Waals surface area contributed by atoms with Gasteiger partial charge in [0.25, 0.3) is 0 Å². The minimum Gasteiger partial charge on any atom is -0.345 e. The molecule has 1 N–H and O–H groups in total. The van der Waals surface area contributed by atoms with E-state index in [0.717, 1.165) is 30.4 Å². The van der Waals surface area contributed by atoms with Crippen molar-refractivity contribution in [3.8, 4) is 0 Å². The summed E-state index contributed by atoms with van der Waals surface area (Å²) in [6.07, 6.45) is 3.76. The fourth-order valence-electron chi connectivity index (χ4n) is 4.08. The van der Waals surface area contributed by atoms with Gasteiger partial charge in [0.15, 0.2) is 0 Å².